The van der Waals surface area contributed by atoms with E-state index in [1.807, 2.05) is 42.5 Å². The van der Waals surface area contributed by atoms with Crippen LogP contribution in [0.3, 0.4) is 0 Å². The molecule has 0 spiro atoms. The number of benzene rings is 2. The number of anilines is 1. The van der Waals surface area contributed by atoms with Gasteiger partial charge in [-0.25, -0.2) is 0 Å². The predicted molar refractivity (Wildman–Crippen MR) is 110 cm³/mol. The zero-order valence-electron chi connectivity index (χ0n) is 16.0. The molecule has 0 N–H and O–H groups in total. The summed E-state index contributed by atoms with van der Waals surface area (Å²) in [6.45, 7) is 5.76. The van der Waals surface area contributed by atoms with Gasteiger partial charge in [0.15, 0.2) is 0 Å². The third-order valence-corrected chi connectivity index (χ3v) is 5.39. The summed E-state index contributed by atoms with van der Waals surface area (Å²) in [5.74, 6) is 2.03. The van der Waals surface area contributed by atoms with E-state index in [1.54, 1.807) is 7.11 Å². The standard InChI is InChI=1S/C21H23ClN4O2/c1-15(20-23-24-21(28-20)16-6-5-7-17(22)14-16)25-10-12-26(13-11-25)18-8-3-4-9-19(18)27-2/h3-9,14-15H,10-13H2,1-2H3/t15-/m0/s1. The Labute approximate surface area is 169 Å². The highest BCUT2D eigenvalue weighted by Crippen LogP contribution is 2.30. The van der Waals surface area contributed by atoms with E-state index in [2.05, 4.69) is 33.0 Å². The van der Waals surface area contributed by atoms with Crippen molar-refractivity contribution in [2.45, 2.75) is 13.0 Å². The first-order valence-electron chi connectivity index (χ1n) is 9.37. The molecule has 0 bridgehead atoms. The van der Waals surface area contributed by atoms with Crippen molar-refractivity contribution >= 4 is 17.3 Å². The molecular weight excluding hydrogens is 376 g/mol. The molecule has 146 valence electrons. The van der Waals surface area contributed by atoms with E-state index < -0.39 is 0 Å². The van der Waals surface area contributed by atoms with E-state index in [4.69, 9.17) is 20.8 Å². The first kappa shape index (κ1) is 18.8. The number of methoxy groups -OCH3 is 1. The molecule has 1 aromatic heterocycles. The number of halogens is 1. The predicted octanol–water partition coefficient (Wildman–Crippen LogP) is 4.28. The maximum absolute atomic E-state index is 6.06. The number of rotatable bonds is 5. The van der Waals surface area contributed by atoms with E-state index in [1.165, 1.54) is 0 Å². The van der Waals surface area contributed by atoms with E-state index in [9.17, 15) is 0 Å². The Hall–Kier alpha value is -2.57. The van der Waals surface area contributed by atoms with Gasteiger partial charge in [0, 0.05) is 36.8 Å². The van der Waals surface area contributed by atoms with Crippen molar-refractivity contribution in [2.75, 3.05) is 38.2 Å². The van der Waals surface area contributed by atoms with Gasteiger partial charge in [0.05, 0.1) is 18.8 Å². The molecule has 2 heterocycles. The van der Waals surface area contributed by atoms with Crippen LogP contribution < -0.4 is 9.64 Å². The lowest BCUT2D eigenvalue weighted by atomic mass is 10.2. The molecule has 1 saturated heterocycles. The highest BCUT2D eigenvalue weighted by molar-refractivity contribution is 6.30. The highest BCUT2D eigenvalue weighted by Gasteiger charge is 2.26. The second-order valence-corrected chi connectivity index (χ2v) is 7.26. The van der Waals surface area contributed by atoms with Gasteiger partial charge in [0.1, 0.15) is 5.75 Å². The van der Waals surface area contributed by atoms with Crippen LogP contribution in [0.1, 0.15) is 18.9 Å². The van der Waals surface area contributed by atoms with Crippen LogP contribution in [0.2, 0.25) is 5.02 Å². The Kier molecular flexibility index (Phi) is 5.50. The lowest BCUT2D eigenvalue weighted by Crippen LogP contribution is -2.47. The zero-order valence-corrected chi connectivity index (χ0v) is 16.8. The molecular formula is C21H23ClN4O2. The lowest BCUT2D eigenvalue weighted by Gasteiger charge is -2.38. The van der Waals surface area contributed by atoms with Crippen LogP contribution in [0.25, 0.3) is 11.5 Å². The SMILES string of the molecule is COc1ccccc1N1CCN([C@@H](C)c2nnc(-c3cccc(Cl)c3)o2)CC1. The second kappa shape index (κ2) is 8.20. The molecule has 1 atom stereocenters. The normalized spacial score (nSPS) is 16.2. The summed E-state index contributed by atoms with van der Waals surface area (Å²) in [6.07, 6.45) is 0. The van der Waals surface area contributed by atoms with Crippen LogP contribution in [0, 0.1) is 0 Å². The molecule has 0 radical (unpaired) electrons. The summed E-state index contributed by atoms with van der Waals surface area (Å²) in [4.78, 5) is 4.72. The number of para-hydroxylation sites is 2. The van der Waals surface area contributed by atoms with Crippen molar-refractivity contribution in [1.82, 2.24) is 15.1 Å². The fourth-order valence-corrected chi connectivity index (χ4v) is 3.73. The number of aromatic nitrogens is 2. The molecule has 0 amide bonds. The van der Waals surface area contributed by atoms with Gasteiger partial charge < -0.3 is 14.1 Å². The van der Waals surface area contributed by atoms with Gasteiger partial charge in [-0.1, -0.05) is 29.8 Å². The molecule has 1 aliphatic heterocycles. The molecule has 1 fully saturated rings. The van der Waals surface area contributed by atoms with Crippen molar-refractivity contribution in [1.29, 1.82) is 0 Å². The van der Waals surface area contributed by atoms with Crippen LogP contribution in [0.4, 0.5) is 5.69 Å². The van der Waals surface area contributed by atoms with Crippen molar-refractivity contribution in [3.8, 4) is 17.2 Å². The van der Waals surface area contributed by atoms with Crippen LogP contribution in [0.5, 0.6) is 5.75 Å². The quantitative estimate of drug-likeness (QED) is 0.639. The Morgan fingerprint density at radius 3 is 2.57 bits per heavy atom. The van der Waals surface area contributed by atoms with Gasteiger partial charge in [-0.3, -0.25) is 4.90 Å². The monoisotopic (exact) mass is 398 g/mol. The van der Waals surface area contributed by atoms with Crippen molar-refractivity contribution < 1.29 is 9.15 Å². The van der Waals surface area contributed by atoms with Crippen LogP contribution in [0.15, 0.2) is 52.9 Å². The highest BCUT2D eigenvalue weighted by atomic mass is 35.5. The second-order valence-electron chi connectivity index (χ2n) is 6.83. The Morgan fingerprint density at radius 1 is 1.04 bits per heavy atom. The zero-order chi connectivity index (χ0) is 19.5. The fraction of sp³-hybridized carbons (Fsp3) is 0.333. The molecule has 7 heteroatoms. The molecule has 1 aliphatic rings. The fourth-order valence-electron chi connectivity index (χ4n) is 3.54. The van der Waals surface area contributed by atoms with Crippen LogP contribution >= 0.6 is 11.6 Å². The first-order chi connectivity index (χ1) is 13.7. The number of hydrogen-bond acceptors (Lipinski definition) is 6. The van der Waals surface area contributed by atoms with Gasteiger partial charge in [0.25, 0.3) is 0 Å². The summed E-state index contributed by atoms with van der Waals surface area (Å²) < 4.78 is 11.4. The van der Waals surface area contributed by atoms with Crippen LogP contribution in [-0.4, -0.2) is 48.4 Å². The number of piperazine rings is 1. The summed E-state index contributed by atoms with van der Waals surface area (Å²) in [5, 5.41) is 9.12. The summed E-state index contributed by atoms with van der Waals surface area (Å²) in [6, 6.07) is 15.6. The van der Waals surface area contributed by atoms with Crippen LogP contribution in [-0.2, 0) is 0 Å². The van der Waals surface area contributed by atoms with Gasteiger partial charge in [-0.2, -0.15) is 0 Å². The van der Waals surface area contributed by atoms with Gasteiger partial charge >= 0.3 is 0 Å². The number of hydrogen-bond donors (Lipinski definition) is 0. The van der Waals surface area contributed by atoms with E-state index in [0.29, 0.717) is 16.8 Å². The minimum atomic E-state index is 0.0558. The van der Waals surface area contributed by atoms with Gasteiger partial charge in [-0.15, -0.1) is 10.2 Å². The molecule has 2 aromatic carbocycles. The Bertz CT molecular complexity index is 937. The maximum atomic E-state index is 6.06. The first-order valence-corrected chi connectivity index (χ1v) is 9.75. The van der Waals surface area contributed by atoms with E-state index in [0.717, 1.165) is 43.2 Å². The minimum Gasteiger partial charge on any atom is -0.495 e. The maximum Gasteiger partial charge on any atom is 0.247 e. The van der Waals surface area contributed by atoms with E-state index in [-0.39, 0.29) is 6.04 Å². The van der Waals surface area contributed by atoms with Crippen molar-refractivity contribution in [3.05, 3.63) is 59.4 Å². The average molecular weight is 399 g/mol. The van der Waals surface area contributed by atoms with Gasteiger partial charge in [-0.05, 0) is 37.3 Å². The number of nitrogens with zero attached hydrogens (tertiary/aromatic N) is 4. The molecule has 28 heavy (non-hydrogen) atoms. The molecule has 4 rings (SSSR count). The van der Waals surface area contributed by atoms with Crippen molar-refractivity contribution in [2.24, 2.45) is 0 Å². The van der Waals surface area contributed by atoms with Gasteiger partial charge in [0.2, 0.25) is 11.8 Å². The average Bonchev–Trinajstić information content (AvgIpc) is 3.24. The molecule has 6 nitrogen and oxygen atoms in total. The molecule has 0 aliphatic carbocycles. The third-order valence-electron chi connectivity index (χ3n) is 5.16. The summed E-state index contributed by atoms with van der Waals surface area (Å²) in [5.41, 5.74) is 1.97. The molecule has 3 aromatic rings. The van der Waals surface area contributed by atoms with E-state index >= 15 is 0 Å². The lowest BCUT2D eigenvalue weighted by molar-refractivity contribution is 0.173. The molecule has 0 saturated carbocycles. The topological polar surface area (TPSA) is 54.6 Å². The Morgan fingerprint density at radius 2 is 1.82 bits per heavy atom. The summed E-state index contributed by atoms with van der Waals surface area (Å²) in [7, 11) is 1.71. The Balaban J connectivity index is 1.42. The largest absolute Gasteiger partial charge is 0.495 e. The smallest absolute Gasteiger partial charge is 0.247 e. The number of ether oxygens (including phenoxy) is 1. The minimum absolute atomic E-state index is 0.0558. The summed E-state index contributed by atoms with van der Waals surface area (Å²) >= 11 is 6.06. The molecule has 0 unspecified atom stereocenters. The third kappa shape index (κ3) is 3.84. The van der Waals surface area contributed by atoms with Crippen molar-refractivity contribution in [3.63, 3.8) is 0 Å².